The van der Waals surface area contributed by atoms with E-state index in [1.807, 2.05) is 0 Å². The van der Waals surface area contributed by atoms with Crippen molar-refractivity contribution in [3.8, 4) is 0 Å². The van der Waals surface area contributed by atoms with Gasteiger partial charge in [0.1, 0.15) is 6.10 Å². The summed E-state index contributed by atoms with van der Waals surface area (Å²) >= 11 is 0. The van der Waals surface area contributed by atoms with Gasteiger partial charge in [-0.15, -0.1) is 0 Å². The number of Topliss-reactive ketones (excluding diaryl/α,β-unsaturated/α-hetero) is 1. The van der Waals surface area contributed by atoms with Gasteiger partial charge in [-0.25, -0.2) is 4.79 Å². The van der Waals surface area contributed by atoms with Crippen molar-refractivity contribution in [1.29, 1.82) is 0 Å². The van der Waals surface area contributed by atoms with E-state index in [4.69, 9.17) is 9.57 Å². The third-order valence-electron chi connectivity index (χ3n) is 2.65. The van der Waals surface area contributed by atoms with Gasteiger partial charge in [-0.2, -0.15) is 0 Å². The third kappa shape index (κ3) is 4.54. The Morgan fingerprint density at radius 1 is 1.24 bits per heavy atom. The summed E-state index contributed by atoms with van der Waals surface area (Å²) in [5.74, 6) is -1.14. The summed E-state index contributed by atoms with van der Waals surface area (Å²) in [6, 6.07) is 0. The van der Waals surface area contributed by atoms with Crippen LogP contribution in [0.2, 0.25) is 0 Å². The van der Waals surface area contributed by atoms with Gasteiger partial charge in [0.2, 0.25) is 5.71 Å². The topological polar surface area (TPSA) is 65.0 Å². The van der Waals surface area contributed by atoms with E-state index in [0.717, 1.165) is 25.7 Å². The Kier molecular flexibility index (Phi) is 5.66. The van der Waals surface area contributed by atoms with Crippen molar-refractivity contribution < 1.29 is 19.2 Å². The summed E-state index contributed by atoms with van der Waals surface area (Å²) in [5, 5.41) is 3.66. The molecule has 0 bridgehead atoms. The molecule has 5 nitrogen and oxygen atoms in total. The maximum atomic E-state index is 11.4. The molecule has 0 aromatic carbocycles. The first kappa shape index (κ1) is 13.7. The number of ether oxygens (including phenoxy) is 1. The summed E-state index contributed by atoms with van der Waals surface area (Å²) in [5.41, 5.74) is -0.252. The lowest BCUT2D eigenvalue weighted by molar-refractivity contribution is -0.136. The zero-order chi connectivity index (χ0) is 12.7. The highest BCUT2D eigenvalue weighted by Crippen LogP contribution is 2.20. The van der Waals surface area contributed by atoms with Crippen molar-refractivity contribution in [3.05, 3.63) is 0 Å². The minimum absolute atomic E-state index is 0.0209. The SMILES string of the molecule is CCOC(=O)C(=NOC1CCCCC1)C(C)=O. The number of carbonyl (C=O) groups excluding carboxylic acids is 2. The molecule has 0 spiro atoms. The second-order valence-corrected chi connectivity index (χ2v) is 4.08. The predicted molar refractivity (Wildman–Crippen MR) is 62.7 cm³/mol. The van der Waals surface area contributed by atoms with Crippen LogP contribution in [0.3, 0.4) is 0 Å². The largest absolute Gasteiger partial charge is 0.461 e. The maximum absolute atomic E-state index is 11.4. The van der Waals surface area contributed by atoms with Crippen LogP contribution in [0, 0.1) is 0 Å². The second kappa shape index (κ2) is 7.04. The number of esters is 1. The van der Waals surface area contributed by atoms with Crippen LogP contribution in [0.4, 0.5) is 0 Å². The zero-order valence-electron chi connectivity index (χ0n) is 10.4. The van der Waals surface area contributed by atoms with Gasteiger partial charge in [-0.3, -0.25) is 4.79 Å². The fourth-order valence-electron chi connectivity index (χ4n) is 1.74. The lowest BCUT2D eigenvalue weighted by atomic mass is 9.98. The minimum atomic E-state index is -0.712. The Morgan fingerprint density at radius 3 is 2.41 bits per heavy atom. The van der Waals surface area contributed by atoms with E-state index < -0.39 is 11.8 Å². The van der Waals surface area contributed by atoms with E-state index in [-0.39, 0.29) is 18.4 Å². The number of oxime groups is 1. The van der Waals surface area contributed by atoms with Gasteiger partial charge in [-0.1, -0.05) is 11.6 Å². The highest BCUT2D eigenvalue weighted by atomic mass is 16.6. The van der Waals surface area contributed by atoms with Gasteiger partial charge in [0, 0.05) is 6.92 Å². The van der Waals surface area contributed by atoms with E-state index >= 15 is 0 Å². The van der Waals surface area contributed by atoms with E-state index in [0.29, 0.717) is 0 Å². The highest BCUT2D eigenvalue weighted by molar-refractivity contribution is 6.63. The van der Waals surface area contributed by atoms with Crippen LogP contribution in [0.5, 0.6) is 0 Å². The zero-order valence-corrected chi connectivity index (χ0v) is 10.4. The molecule has 0 amide bonds. The fraction of sp³-hybridized carbons (Fsp3) is 0.750. The Morgan fingerprint density at radius 2 is 1.88 bits per heavy atom. The average molecular weight is 241 g/mol. The predicted octanol–water partition coefficient (Wildman–Crippen LogP) is 1.84. The van der Waals surface area contributed by atoms with Crippen molar-refractivity contribution in [2.75, 3.05) is 6.61 Å². The van der Waals surface area contributed by atoms with Crippen LogP contribution >= 0.6 is 0 Å². The Labute approximate surface area is 101 Å². The monoisotopic (exact) mass is 241 g/mol. The molecule has 0 aliphatic heterocycles. The molecule has 0 radical (unpaired) electrons. The van der Waals surface area contributed by atoms with Crippen molar-refractivity contribution in [3.63, 3.8) is 0 Å². The molecule has 0 aromatic heterocycles. The van der Waals surface area contributed by atoms with Crippen LogP contribution in [-0.2, 0) is 19.2 Å². The van der Waals surface area contributed by atoms with E-state index in [9.17, 15) is 9.59 Å². The molecule has 5 heteroatoms. The first-order valence-corrected chi connectivity index (χ1v) is 6.07. The van der Waals surface area contributed by atoms with Gasteiger partial charge >= 0.3 is 5.97 Å². The molecular formula is C12H19NO4. The molecular weight excluding hydrogens is 222 g/mol. The number of hydrogen-bond donors (Lipinski definition) is 0. The molecule has 1 saturated carbocycles. The summed E-state index contributed by atoms with van der Waals surface area (Å²) in [4.78, 5) is 27.9. The quantitative estimate of drug-likeness (QED) is 0.319. The summed E-state index contributed by atoms with van der Waals surface area (Å²) in [7, 11) is 0. The van der Waals surface area contributed by atoms with Gasteiger partial charge in [0.15, 0.2) is 5.78 Å². The second-order valence-electron chi connectivity index (χ2n) is 4.08. The molecule has 17 heavy (non-hydrogen) atoms. The highest BCUT2D eigenvalue weighted by Gasteiger charge is 2.21. The molecule has 0 atom stereocenters. The number of hydrogen-bond acceptors (Lipinski definition) is 5. The van der Waals surface area contributed by atoms with Gasteiger partial charge in [0.25, 0.3) is 0 Å². The van der Waals surface area contributed by atoms with Crippen LogP contribution in [0.15, 0.2) is 5.16 Å². The summed E-state index contributed by atoms with van der Waals surface area (Å²) in [6.45, 7) is 3.17. The molecule has 1 rings (SSSR count). The van der Waals surface area contributed by atoms with Crippen molar-refractivity contribution in [2.45, 2.75) is 52.1 Å². The van der Waals surface area contributed by atoms with Gasteiger partial charge in [0.05, 0.1) is 6.61 Å². The average Bonchev–Trinajstić information content (AvgIpc) is 2.30. The standard InChI is InChI=1S/C12H19NO4/c1-3-16-12(15)11(9(2)14)13-17-10-7-5-4-6-8-10/h10H,3-8H2,1-2H3. The van der Waals surface area contributed by atoms with E-state index in [1.54, 1.807) is 6.92 Å². The summed E-state index contributed by atoms with van der Waals surface area (Å²) in [6.07, 6.45) is 5.30. The molecule has 0 unspecified atom stereocenters. The molecule has 0 aromatic rings. The van der Waals surface area contributed by atoms with E-state index in [1.165, 1.54) is 13.3 Å². The molecule has 0 N–H and O–H groups in total. The lowest BCUT2D eigenvalue weighted by Crippen LogP contribution is -2.26. The third-order valence-corrected chi connectivity index (χ3v) is 2.65. The first-order chi connectivity index (χ1) is 8.15. The summed E-state index contributed by atoms with van der Waals surface area (Å²) < 4.78 is 4.73. The van der Waals surface area contributed by atoms with Crippen LogP contribution < -0.4 is 0 Å². The van der Waals surface area contributed by atoms with Crippen LogP contribution in [0.1, 0.15) is 46.0 Å². The smallest absolute Gasteiger partial charge is 0.364 e. The Balaban J connectivity index is 2.56. The molecule has 1 aliphatic rings. The number of rotatable bonds is 5. The molecule has 0 heterocycles. The number of carbonyl (C=O) groups is 2. The fourth-order valence-corrected chi connectivity index (χ4v) is 1.74. The number of ketones is 1. The first-order valence-electron chi connectivity index (χ1n) is 6.07. The number of nitrogens with zero attached hydrogens (tertiary/aromatic N) is 1. The molecule has 1 fully saturated rings. The van der Waals surface area contributed by atoms with Crippen LogP contribution in [-0.4, -0.2) is 30.2 Å². The van der Waals surface area contributed by atoms with Gasteiger partial charge < -0.3 is 9.57 Å². The van der Waals surface area contributed by atoms with Crippen LogP contribution in [0.25, 0.3) is 0 Å². The molecule has 0 saturated heterocycles. The van der Waals surface area contributed by atoms with E-state index in [2.05, 4.69) is 5.16 Å². The van der Waals surface area contributed by atoms with Crippen molar-refractivity contribution in [1.82, 2.24) is 0 Å². The molecule has 96 valence electrons. The van der Waals surface area contributed by atoms with Gasteiger partial charge in [-0.05, 0) is 32.6 Å². The minimum Gasteiger partial charge on any atom is -0.461 e. The lowest BCUT2D eigenvalue weighted by Gasteiger charge is -2.19. The van der Waals surface area contributed by atoms with Crippen molar-refractivity contribution >= 4 is 17.5 Å². The maximum Gasteiger partial charge on any atom is 0.364 e. The Hall–Kier alpha value is -1.39. The Bertz CT molecular complexity index is 306. The van der Waals surface area contributed by atoms with Crippen molar-refractivity contribution in [2.24, 2.45) is 5.16 Å². The normalized spacial score (nSPS) is 17.6. The molecule has 1 aliphatic carbocycles.